The van der Waals surface area contributed by atoms with Crippen molar-refractivity contribution in [3.63, 3.8) is 0 Å². The zero-order chi connectivity index (χ0) is 14.5. The lowest BCUT2D eigenvalue weighted by Crippen LogP contribution is -2.38. The van der Waals surface area contributed by atoms with Crippen LogP contribution in [0, 0.1) is 5.92 Å². The number of nitrogens with one attached hydrogen (secondary N) is 1. The van der Waals surface area contributed by atoms with Crippen molar-refractivity contribution in [1.82, 2.24) is 20.1 Å². The summed E-state index contributed by atoms with van der Waals surface area (Å²) in [6.07, 6.45) is 6.38. The fraction of sp³-hybridized carbons (Fsp3) is 0.786. The molecule has 1 fully saturated rings. The van der Waals surface area contributed by atoms with Crippen molar-refractivity contribution in [2.75, 3.05) is 5.75 Å². The molecule has 2 rings (SSSR count). The zero-order valence-corrected chi connectivity index (χ0v) is 13.3. The molecule has 0 atom stereocenters. The lowest BCUT2D eigenvalue weighted by atomic mass is 9.87. The van der Waals surface area contributed by atoms with Crippen LogP contribution < -0.4 is 5.32 Å². The van der Waals surface area contributed by atoms with Gasteiger partial charge in [0.2, 0.25) is 5.91 Å². The van der Waals surface area contributed by atoms with Gasteiger partial charge in [-0.15, -0.1) is 10.2 Å². The van der Waals surface area contributed by atoms with Gasteiger partial charge in [-0.2, -0.15) is 0 Å². The summed E-state index contributed by atoms with van der Waals surface area (Å²) in [7, 11) is 0. The van der Waals surface area contributed by atoms with Crippen LogP contribution in [0.15, 0.2) is 11.5 Å². The zero-order valence-electron chi connectivity index (χ0n) is 12.5. The molecule has 1 saturated carbocycles. The molecule has 1 aliphatic rings. The first-order valence-corrected chi connectivity index (χ1v) is 8.36. The molecule has 0 bridgehead atoms. The third-order valence-corrected chi connectivity index (χ3v) is 4.77. The van der Waals surface area contributed by atoms with E-state index in [2.05, 4.69) is 36.3 Å². The number of thioether (sulfide) groups is 1. The number of hydrogen-bond acceptors (Lipinski definition) is 4. The highest BCUT2D eigenvalue weighted by atomic mass is 32.2. The van der Waals surface area contributed by atoms with E-state index < -0.39 is 0 Å². The van der Waals surface area contributed by atoms with Gasteiger partial charge >= 0.3 is 0 Å². The standard InChI is InChI=1S/C14H24N4OS/c1-10(2)18-9-15-17-14(18)20-8-13(19)16-12-6-4-11(3)5-7-12/h9-12H,4-8H2,1-3H3,(H,16,19). The highest BCUT2D eigenvalue weighted by Gasteiger charge is 2.20. The van der Waals surface area contributed by atoms with Crippen LogP contribution in [0.4, 0.5) is 0 Å². The van der Waals surface area contributed by atoms with Crippen molar-refractivity contribution >= 4 is 17.7 Å². The maximum Gasteiger partial charge on any atom is 0.230 e. The number of hydrogen-bond donors (Lipinski definition) is 1. The molecule has 1 heterocycles. The highest BCUT2D eigenvalue weighted by molar-refractivity contribution is 7.99. The quantitative estimate of drug-likeness (QED) is 0.849. The fourth-order valence-electron chi connectivity index (χ4n) is 2.49. The number of carbonyl (C=O) groups is 1. The van der Waals surface area contributed by atoms with Gasteiger partial charge in [0.25, 0.3) is 0 Å². The smallest absolute Gasteiger partial charge is 0.230 e. The Morgan fingerprint density at radius 1 is 1.45 bits per heavy atom. The van der Waals surface area contributed by atoms with Crippen LogP contribution >= 0.6 is 11.8 Å². The molecule has 5 nitrogen and oxygen atoms in total. The van der Waals surface area contributed by atoms with Crippen molar-refractivity contribution < 1.29 is 4.79 Å². The summed E-state index contributed by atoms with van der Waals surface area (Å²) in [5.74, 6) is 1.33. The molecule has 0 spiro atoms. The first-order valence-electron chi connectivity index (χ1n) is 7.38. The fourth-order valence-corrected chi connectivity index (χ4v) is 3.35. The van der Waals surface area contributed by atoms with Crippen molar-refractivity contribution in [1.29, 1.82) is 0 Å². The van der Waals surface area contributed by atoms with Gasteiger partial charge in [-0.25, -0.2) is 0 Å². The normalized spacial score (nSPS) is 23.0. The second-order valence-corrected chi connectivity index (χ2v) is 6.87. The number of aromatic nitrogens is 3. The summed E-state index contributed by atoms with van der Waals surface area (Å²) in [4.78, 5) is 12.0. The lowest BCUT2D eigenvalue weighted by Gasteiger charge is -2.26. The maximum atomic E-state index is 12.0. The lowest BCUT2D eigenvalue weighted by molar-refractivity contribution is -0.119. The number of carbonyl (C=O) groups excluding carboxylic acids is 1. The van der Waals surface area contributed by atoms with Crippen LogP contribution in [0.1, 0.15) is 52.5 Å². The predicted octanol–water partition coefficient (Wildman–Crippen LogP) is 2.65. The summed E-state index contributed by atoms with van der Waals surface area (Å²) in [5.41, 5.74) is 0. The molecule has 112 valence electrons. The first kappa shape index (κ1) is 15.4. The molecular weight excluding hydrogens is 272 g/mol. The number of rotatable bonds is 5. The van der Waals surface area contributed by atoms with E-state index in [0.717, 1.165) is 23.9 Å². The maximum absolute atomic E-state index is 12.0. The molecule has 6 heteroatoms. The minimum absolute atomic E-state index is 0.104. The van der Waals surface area contributed by atoms with Gasteiger partial charge in [-0.1, -0.05) is 18.7 Å². The molecule has 0 aromatic carbocycles. The van der Waals surface area contributed by atoms with E-state index in [-0.39, 0.29) is 5.91 Å². The van der Waals surface area contributed by atoms with Gasteiger partial charge in [0.15, 0.2) is 5.16 Å². The van der Waals surface area contributed by atoms with Crippen molar-refractivity contribution in [2.24, 2.45) is 5.92 Å². The third kappa shape index (κ3) is 4.23. The SMILES string of the molecule is CC1CCC(NC(=O)CSc2nncn2C(C)C)CC1. The average molecular weight is 296 g/mol. The molecule has 0 saturated heterocycles. The van der Waals surface area contributed by atoms with Crippen LogP contribution in [-0.2, 0) is 4.79 Å². The molecule has 1 amide bonds. The highest BCUT2D eigenvalue weighted by Crippen LogP contribution is 2.24. The predicted molar refractivity (Wildman–Crippen MR) is 80.7 cm³/mol. The summed E-state index contributed by atoms with van der Waals surface area (Å²) < 4.78 is 1.99. The number of nitrogens with zero attached hydrogens (tertiary/aromatic N) is 3. The van der Waals surface area contributed by atoms with E-state index in [0.29, 0.717) is 17.8 Å². The van der Waals surface area contributed by atoms with E-state index in [1.807, 2.05) is 4.57 Å². The Hall–Kier alpha value is -1.04. The molecule has 0 unspecified atom stereocenters. The molecule has 1 aliphatic carbocycles. The molecule has 0 aliphatic heterocycles. The van der Waals surface area contributed by atoms with Crippen LogP contribution in [0.3, 0.4) is 0 Å². The van der Waals surface area contributed by atoms with Gasteiger partial charge in [0, 0.05) is 12.1 Å². The van der Waals surface area contributed by atoms with E-state index >= 15 is 0 Å². The van der Waals surface area contributed by atoms with Crippen LogP contribution in [-0.4, -0.2) is 32.5 Å². The van der Waals surface area contributed by atoms with Gasteiger partial charge < -0.3 is 9.88 Å². The van der Waals surface area contributed by atoms with Crippen LogP contribution in [0.2, 0.25) is 0 Å². The monoisotopic (exact) mass is 296 g/mol. The van der Waals surface area contributed by atoms with Gasteiger partial charge in [-0.3, -0.25) is 4.79 Å². The summed E-state index contributed by atoms with van der Waals surface area (Å²) >= 11 is 1.46. The van der Waals surface area contributed by atoms with Gasteiger partial charge in [0.05, 0.1) is 5.75 Å². The Kier molecular flexibility index (Phi) is 5.46. The van der Waals surface area contributed by atoms with Crippen molar-refractivity contribution in [3.05, 3.63) is 6.33 Å². The van der Waals surface area contributed by atoms with Crippen molar-refractivity contribution in [2.45, 2.75) is 63.7 Å². The molecule has 20 heavy (non-hydrogen) atoms. The molecule has 1 N–H and O–H groups in total. The first-order chi connectivity index (χ1) is 9.56. The second kappa shape index (κ2) is 7.11. The molecular formula is C14H24N4OS. The van der Waals surface area contributed by atoms with E-state index in [9.17, 15) is 4.79 Å². The molecule has 1 aromatic rings. The summed E-state index contributed by atoms with van der Waals surface area (Å²) in [5, 5.41) is 11.9. The molecule has 1 aromatic heterocycles. The number of amides is 1. The van der Waals surface area contributed by atoms with E-state index in [1.165, 1.54) is 24.6 Å². The topological polar surface area (TPSA) is 59.8 Å². The Labute approximate surface area is 124 Å². The Balaban J connectivity index is 1.76. The Morgan fingerprint density at radius 2 is 2.15 bits per heavy atom. The van der Waals surface area contributed by atoms with Gasteiger partial charge in [-0.05, 0) is 45.4 Å². The van der Waals surface area contributed by atoms with Crippen LogP contribution in [0.5, 0.6) is 0 Å². The Morgan fingerprint density at radius 3 is 2.80 bits per heavy atom. The minimum Gasteiger partial charge on any atom is -0.353 e. The van der Waals surface area contributed by atoms with Crippen LogP contribution in [0.25, 0.3) is 0 Å². The summed E-state index contributed by atoms with van der Waals surface area (Å²) in [6, 6.07) is 0.678. The average Bonchev–Trinajstić information content (AvgIpc) is 2.88. The van der Waals surface area contributed by atoms with Crippen molar-refractivity contribution in [3.8, 4) is 0 Å². The largest absolute Gasteiger partial charge is 0.353 e. The second-order valence-electron chi connectivity index (χ2n) is 5.93. The Bertz CT molecular complexity index is 438. The minimum atomic E-state index is 0.104. The summed E-state index contributed by atoms with van der Waals surface area (Å²) in [6.45, 7) is 6.44. The van der Waals surface area contributed by atoms with E-state index in [4.69, 9.17) is 0 Å². The van der Waals surface area contributed by atoms with Gasteiger partial charge in [0.1, 0.15) is 6.33 Å². The molecule has 0 radical (unpaired) electrons. The van der Waals surface area contributed by atoms with E-state index in [1.54, 1.807) is 6.33 Å². The third-order valence-electron chi connectivity index (χ3n) is 3.81.